The number of rotatable bonds is 6. The molecular weight excluding hydrogens is 298 g/mol. The van der Waals surface area contributed by atoms with Gasteiger partial charge in [0.2, 0.25) is 0 Å². The molecular formula is C17H30ClN3O. The Morgan fingerprint density at radius 3 is 2.64 bits per heavy atom. The number of piperidine rings is 1. The molecule has 22 heavy (non-hydrogen) atoms. The van der Waals surface area contributed by atoms with Crippen molar-refractivity contribution < 1.29 is 4.74 Å². The maximum atomic E-state index is 5.91. The lowest BCUT2D eigenvalue weighted by Gasteiger charge is -2.22. The number of aryl methyl sites for hydroxylation is 1. The zero-order valence-electron chi connectivity index (χ0n) is 13.5. The van der Waals surface area contributed by atoms with Crippen LogP contribution in [0.5, 0.6) is 5.75 Å². The summed E-state index contributed by atoms with van der Waals surface area (Å²) in [5.74, 6) is 2.57. The Hall–Kier alpha value is -0.740. The van der Waals surface area contributed by atoms with Gasteiger partial charge in [0.1, 0.15) is 0 Å². The monoisotopic (exact) mass is 327 g/mol. The van der Waals surface area contributed by atoms with Gasteiger partial charge in [-0.2, -0.15) is 5.10 Å². The molecule has 2 aliphatic rings. The SMILES string of the molecule is Cl.c1nn(CCC2CCCCC2)cc1OCC1CCNCC1. The van der Waals surface area contributed by atoms with E-state index in [1.807, 2.05) is 6.20 Å². The first-order valence-corrected chi connectivity index (χ1v) is 8.76. The van der Waals surface area contributed by atoms with E-state index < -0.39 is 0 Å². The zero-order valence-corrected chi connectivity index (χ0v) is 14.3. The van der Waals surface area contributed by atoms with Crippen LogP contribution in [0, 0.1) is 11.8 Å². The van der Waals surface area contributed by atoms with Crippen molar-refractivity contribution in [2.45, 2.75) is 57.9 Å². The van der Waals surface area contributed by atoms with Crippen molar-refractivity contribution in [2.24, 2.45) is 11.8 Å². The molecule has 0 amide bonds. The molecule has 5 heteroatoms. The third-order valence-corrected chi connectivity index (χ3v) is 5.05. The third-order valence-electron chi connectivity index (χ3n) is 5.05. The minimum Gasteiger partial charge on any atom is -0.490 e. The summed E-state index contributed by atoms with van der Waals surface area (Å²) in [6.07, 6.45) is 14.8. The van der Waals surface area contributed by atoms with Crippen LogP contribution < -0.4 is 10.1 Å². The van der Waals surface area contributed by atoms with Crippen LogP contribution in [0.3, 0.4) is 0 Å². The second-order valence-corrected chi connectivity index (χ2v) is 6.74. The van der Waals surface area contributed by atoms with Gasteiger partial charge in [-0.15, -0.1) is 12.4 Å². The van der Waals surface area contributed by atoms with Crippen molar-refractivity contribution in [2.75, 3.05) is 19.7 Å². The van der Waals surface area contributed by atoms with Crippen molar-refractivity contribution in [3.63, 3.8) is 0 Å². The first-order valence-electron chi connectivity index (χ1n) is 8.76. The minimum absolute atomic E-state index is 0. The van der Waals surface area contributed by atoms with Crippen molar-refractivity contribution in [1.82, 2.24) is 15.1 Å². The number of hydrogen-bond acceptors (Lipinski definition) is 3. The summed E-state index contributed by atoms with van der Waals surface area (Å²) in [4.78, 5) is 0. The average Bonchev–Trinajstić information content (AvgIpc) is 3.01. The molecule has 1 saturated carbocycles. The fraction of sp³-hybridized carbons (Fsp3) is 0.824. The van der Waals surface area contributed by atoms with Gasteiger partial charge < -0.3 is 10.1 Å². The highest BCUT2D eigenvalue weighted by molar-refractivity contribution is 5.85. The van der Waals surface area contributed by atoms with Crippen LogP contribution in [-0.2, 0) is 6.54 Å². The Labute approximate surface area is 140 Å². The Morgan fingerprint density at radius 2 is 1.86 bits per heavy atom. The van der Waals surface area contributed by atoms with Crippen molar-refractivity contribution >= 4 is 12.4 Å². The van der Waals surface area contributed by atoms with Crippen LogP contribution in [0.15, 0.2) is 12.4 Å². The van der Waals surface area contributed by atoms with Gasteiger partial charge in [0.15, 0.2) is 5.75 Å². The zero-order chi connectivity index (χ0) is 14.3. The van der Waals surface area contributed by atoms with Crippen LogP contribution in [0.4, 0.5) is 0 Å². The standard InChI is InChI=1S/C17H29N3O.ClH/c1-2-4-15(5-3-1)8-11-20-13-17(12-19-20)21-14-16-6-9-18-10-7-16;/h12-13,15-16,18H,1-11,14H2;1H. The molecule has 0 aromatic carbocycles. The molecule has 1 aromatic heterocycles. The topological polar surface area (TPSA) is 39.1 Å². The summed E-state index contributed by atoms with van der Waals surface area (Å²) in [6, 6.07) is 0. The van der Waals surface area contributed by atoms with Crippen molar-refractivity contribution in [3.05, 3.63) is 12.4 Å². The fourth-order valence-electron chi connectivity index (χ4n) is 3.59. The largest absolute Gasteiger partial charge is 0.490 e. The molecule has 1 aromatic rings. The molecule has 0 bridgehead atoms. The molecule has 1 saturated heterocycles. The van der Waals surface area contributed by atoms with E-state index in [1.54, 1.807) is 0 Å². The number of halogens is 1. The Bertz CT molecular complexity index is 375. The predicted molar refractivity (Wildman–Crippen MR) is 91.8 cm³/mol. The van der Waals surface area contributed by atoms with E-state index in [9.17, 15) is 0 Å². The Balaban J connectivity index is 0.00000176. The molecule has 1 N–H and O–H groups in total. The highest BCUT2D eigenvalue weighted by atomic mass is 35.5. The van der Waals surface area contributed by atoms with E-state index in [0.29, 0.717) is 5.92 Å². The normalized spacial score (nSPS) is 20.5. The molecule has 0 unspecified atom stereocenters. The van der Waals surface area contributed by atoms with Gasteiger partial charge in [-0.3, -0.25) is 4.68 Å². The van der Waals surface area contributed by atoms with E-state index in [1.165, 1.54) is 51.4 Å². The van der Waals surface area contributed by atoms with E-state index in [-0.39, 0.29) is 12.4 Å². The molecule has 4 nitrogen and oxygen atoms in total. The van der Waals surface area contributed by atoms with Gasteiger partial charge >= 0.3 is 0 Å². The number of hydrogen-bond donors (Lipinski definition) is 1. The highest BCUT2D eigenvalue weighted by Crippen LogP contribution is 2.26. The highest BCUT2D eigenvalue weighted by Gasteiger charge is 2.15. The molecule has 0 atom stereocenters. The summed E-state index contributed by atoms with van der Waals surface area (Å²) in [6.45, 7) is 4.15. The van der Waals surface area contributed by atoms with E-state index in [2.05, 4.69) is 21.3 Å². The second kappa shape index (κ2) is 9.41. The predicted octanol–water partition coefficient (Wildman–Crippen LogP) is 3.65. The summed E-state index contributed by atoms with van der Waals surface area (Å²) >= 11 is 0. The van der Waals surface area contributed by atoms with E-state index >= 15 is 0 Å². The third kappa shape index (κ3) is 5.47. The number of ether oxygens (including phenoxy) is 1. The van der Waals surface area contributed by atoms with Gasteiger partial charge in [-0.05, 0) is 44.2 Å². The lowest BCUT2D eigenvalue weighted by Crippen LogP contribution is -2.30. The summed E-state index contributed by atoms with van der Waals surface area (Å²) in [5.41, 5.74) is 0. The van der Waals surface area contributed by atoms with Gasteiger partial charge in [0, 0.05) is 6.54 Å². The molecule has 3 rings (SSSR count). The smallest absolute Gasteiger partial charge is 0.157 e. The Kier molecular flexibility index (Phi) is 7.53. The first-order chi connectivity index (χ1) is 10.4. The summed E-state index contributed by atoms with van der Waals surface area (Å²) in [5, 5.41) is 7.84. The van der Waals surface area contributed by atoms with Crippen LogP contribution in [0.1, 0.15) is 51.4 Å². The number of nitrogens with zero attached hydrogens (tertiary/aromatic N) is 2. The van der Waals surface area contributed by atoms with E-state index in [0.717, 1.165) is 37.9 Å². The molecule has 0 spiro atoms. The fourth-order valence-corrected chi connectivity index (χ4v) is 3.59. The van der Waals surface area contributed by atoms with Gasteiger partial charge in [-0.1, -0.05) is 32.1 Å². The average molecular weight is 328 g/mol. The van der Waals surface area contributed by atoms with Crippen molar-refractivity contribution in [3.8, 4) is 5.75 Å². The molecule has 0 radical (unpaired) electrons. The lowest BCUT2D eigenvalue weighted by atomic mass is 9.87. The first kappa shape index (κ1) is 17.6. The van der Waals surface area contributed by atoms with Crippen LogP contribution in [-0.4, -0.2) is 29.5 Å². The van der Waals surface area contributed by atoms with E-state index in [4.69, 9.17) is 4.74 Å². The summed E-state index contributed by atoms with van der Waals surface area (Å²) < 4.78 is 7.97. The van der Waals surface area contributed by atoms with Crippen LogP contribution in [0.2, 0.25) is 0 Å². The van der Waals surface area contributed by atoms with Gasteiger partial charge in [-0.25, -0.2) is 0 Å². The maximum Gasteiger partial charge on any atom is 0.157 e. The molecule has 126 valence electrons. The quantitative estimate of drug-likeness (QED) is 0.866. The van der Waals surface area contributed by atoms with Crippen molar-refractivity contribution in [1.29, 1.82) is 0 Å². The summed E-state index contributed by atoms with van der Waals surface area (Å²) in [7, 11) is 0. The van der Waals surface area contributed by atoms with Gasteiger partial charge in [0.25, 0.3) is 0 Å². The maximum absolute atomic E-state index is 5.91. The van der Waals surface area contributed by atoms with Gasteiger partial charge in [0.05, 0.1) is 19.0 Å². The second-order valence-electron chi connectivity index (χ2n) is 6.74. The molecule has 2 fully saturated rings. The van der Waals surface area contributed by atoms with Crippen LogP contribution >= 0.6 is 12.4 Å². The molecule has 2 heterocycles. The molecule has 1 aliphatic heterocycles. The Morgan fingerprint density at radius 1 is 1.09 bits per heavy atom. The lowest BCUT2D eigenvalue weighted by molar-refractivity contribution is 0.215. The van der Waals surface area contributed by atoms with Crippen LogP contribution in [0.25, 0.3) is 0 Å². The number of aromatic nitrogens is 2. The minimum atomic E-state index is 0. The molecule has 1 aliphatic carbocycles. The number of nitrogens with one attached hydrogen (secondary N) is 1.